The molecule has 0 aromatic heterocycles. The fraction of sp³-hybridized carbons (Fsp3) is 0.562. The maximum absolute atomic E-state index is 12.1. The van der Waals surface area contributed by atoms with Crippen molar-refractivity contribution in [2.75, 3.05) is 19.6 Å². The average Bonchev–Trinajstić information content (AvgIpc) is 2.76. The first-order valence-electron chi connectivity index (χ1n) is 7.47. The van der Waals surface area contributed by atoms with E-state index in [1.165, 1.54) is 11.1 Å². The summed E-state index contributed by atoms with van der Waals surface area (Å²) in [5.41, 5.74) is 2.25. The number of rotatable bonds is 3. The van der Waals surface area contributed by atoms with Crippen molar-refractivity contribution in [1.29, 1.82) is 0 Å². The van der Waals surface area contributed by atoms with E-state index < -0.39 is 0 Å². The Bertz CT molecular complexity index is 478. The predicted molar refractivity (Wildman–Crippen MR) is 77.5 cm³/mol. The molecule has 1 amide bonds. The van der Waals surface area contributed by atoms with Gasteiger partial charge in [-0.3, -0.25) is 4.90 Å². The summed E-state index contributed by atoms with van der Waals surface area (Å²) in [6.07, 6.45) is 2.72. The number of hydrogen-bond acceptors (Lipinski definition) is 3. The molecule has 1 aromatic rings. The molecule has 2 fully saturated rings. The zero-order chi connectivity index (χ0) is 14.0. The van der Waals surface area contributed by atoms with Gasteiger partial charge in [0.25, 0.3) is 0 Å². The van der Waals surface area contributed by atoms with Gasteiger partial charge in [0.2, 0.25) is 0 Å². The van der Waals surface area contributed by atoms with Crippen LogP contribution >= 0.6 is 0 Å². The second-order valence-corrected chi connectivity index (χ2v) is 5.83. The Morgan fingerprint density at radius 1 is 1.20 bits per heavy atom. The number of ether oxygens (including phenoxy) is 1. The van der Waals surface area contributed by atoms with E-state index in [4.69, 9.17) is 4.74 Å². The standard InChI is InChI=1S/C16H22N2O2/c1-2-13-3-5-14(6-4-13)11-18-12-16(20-15(18)19)7-9-17-10-8-16/h3-6,17H,2,7-12H2,1H3. The molecule has 108 valence electrons. The third kappa shape index (κ3) is 2.66. The van der Waals surface area contributed by atoms with E-state index in [0.717, 1.165) is 38.9 Å². The zero-order valence-electron chi connectivity index (χ0n) is 12.0. The van der Waals surface area contributed by atoms with Gasteiger partial charge in [0, 0.05) is 19.4 Å². The van der Waals surface area contributed by atoms with Crippen LogP contribution in [0.4, 0.5) is 4.79 Å². The first-order chi connectivity index (χ1) is 9.71. The molecule has 2 heterocycles. The normalized spacial score (nSPS) is 21.2. The molecule has 3 rings (SSSR count). The maximum Gasteiger partial charge on any atom is 0.410 e. The molecule has 2 aliphatic rings. The number of carbonyl (C=O) groups is 1. The van der Waals surface area contributed by atoms with E-state index in [2.05, 4.69) is 36.5 Å². The van der Waals surface area contributed by atoms with Crippen LogP contribution in [0.1, 0.15) is 30.9 Å². The number of nitrogens with zero attached hydrogens (tertiary/aromatic N) is 1. The molecule has 0 aliphatic carbocycles. The maximum atomic E-state index is 12.1. The summed E-state index contributed by atoms with van der Waals surface area (Å²) in [6, 6.07) is 8.49. The van der Waals surface area contributed by atoms with Gasteiger partial charge in [-0.25, -0.2) is 4.79 Å². The van der Waals surface area contributed by atoms with Crippen molar-refractivity contribution in [2.24, 2.45) is 0 Å². The molecule has 20 heavy (non-hydrogen) atoms. The molecule has 4 heteroatoms. The minimum atomic E-state index is -0.244. The summed E-state index contributed by atoms with van der Waals surface area (Å²) in [7, 11) is 0. The minimum absolute atomic E-state index is 0.161. The molecule has 1 spiro atoms. The smallest absolute Gasteiger partial charge is 0.410 e. The van der Waals surface area contributed by atoms with Crippen LogP contribution in [-0.2, 0) is 17.7 Å². The summed E-state index contributed by atoms with van der Waals surface area (Å²) in [6.45, 7) is 5.40. The van der Waals surface area contributed by atoms with Crippen LogP contribution in [0.5, 0.6) is 0 Å². The summed E-state index contributed by atoms with van der Waals surface area (Å²) in [5.74, 6) is 0. The largest absolute Gasteiger partial charge is 0.441 e. The number of amides is 1. The highest BCUT2D eigenvalue weighted by molar-refractivity contribution is 5.70. The lowest BCUT2D eigenvalue weighted by molar-refractivity contribution is 0.0316. The second-order valence-electron chi connectivity index (χ2n) is 5.83. The summed E-state index contributed by atoms with van der Waals surface area (Å²) in [5, 5.41) is 3.32. The van der Waals surface area contributed by atoms with E-state index in [0.29, 0.717) is 6.54 Å². The molecule has 0 saturated carbocycles. The molecule has 2 aliphatic heterocycles. The first kappa shape index (κ1) is 13.4. The molecule has 1 aromatic carbocycles. The summed E-state index contributed by atoms with van der Waals surface area (Å²) in [4.78, 5) is 13.9. The van der Waals surface area contributed by atoms with E-state index in [9.17, 15) is 4.79 Å². The Hall–Kier alpha value is -1.55. The summed E-state index contributed by atoms with van der Waals surface area (Å²) >= 11 is 0. The fourth-order valence-electron chi connectivity index (χ4n) is 3.06. The number of carbonyl (C=O) groups excluding carboxylic acids is 1. The Kier molecular flexibility index (Phi) is 3.66. The number of piperidine rings is 1. The molecule has 1 N–H and O–H groups in total. The number of nitrogens with one attached hydrogen (secondary N) is 1. The van der Waals surface area contributed by atoms with Gasteiger partial charge in [-0.15, -0.1) is 0 Å². The van der Waals surface area contributed by atoms with E-state index in [1.54, 1.807) is 0 Å². The van der Waals surface area contributed by atoms with Gasteiger partial charge in [-0.2, -0.15) is 0 Å². The Balaban J connectivity index is 1.66. The first-order valence-corrected chi connectivity index (χ1v) is 7.47. The molecule has 4 nitrogen and oxygen atoms in total. The highest BCUT2D eigenvalue weighted by atomic mass is 16.6. The van der Waals surface area contributed by atoms with Crippen molar-refractivity contribution in [1.82, 2.24) is 10.2 Å². The van der Waals surface area contributed by atoms with Crippen LogP contribution in [0.15, 0.2) is 24.3 Å². The average molecular weight is 274 g/mol. The lowest BCUT2D eigenvalue weighted by atomic mass is 9.92. The van der Waals surface area contributed by atoms with Crippen LogP contribution in [-0.4, -0.2) is 36.2 Å². The number of hydrogen-bond donors (Lipinski definition) is 1. The van der Waals surface area contributed by atoms with Crippen molar-refractivity contribution >= 4 is 6.09 Å². The molecule has 0 atom stereocenters. The predicted octanol–water partition coefficient (Wildman–Crippen LogP) is 2.32. The SMILES string of the molecule is CCc1ccc(CN2CC3(CCNCC3)OC2=O)cc1. The summed E-state index contributed by atoms with van der Waals surface area (Å²) < 4.78 is 5.67. The molecule has 0 radical (unpaired) electrons. The quantitative estimate of drug-likeness (QED) is 0.919. The van der Waals surface area contributed by atoms with Crippen LogP contribution in [0.25, 0.3) is 0 Å². The van der Waals surface area contributed by atoms with Crippen molar-refractivity contribution in [3.63, 3.8) is 0 Å². The molecule has 0 unspecified atom stereocenters. The molecular weight excluding hydrogens is 252 g/mol. The molecular formula is C16H22N2O2. The highest BCUT2D eigenvalue weighted by Crippen LogP contribution is 2.31. The third-order valence-corrected chi connectivity index (χ3v) is 4.36. The van der Waals surface area contributed by atoms with Crippen molar-refractivity contribution < 1.29 is 9.53 Å². The van der Waals surface area contributed by atoms with Gasteiger partial charge < -0.3 is 10.1 Å². The lowest BCUT2D eigenvalue weighted by Crippen LogP contribution is -2.44. The number of benzene rings is 1. The Labute approximate surface area is 120 Å². The highest BCUT2D eigenvalue weighted by Gasteiger charge is 2.45. The van der Waals surface area contributed by atoms with Crippen molar-refractivity contribution in [3.05, 3.63) is 35.4 Å². The van der Waals surface area contributed by atoms with Gasteiger partial charge in [0.05, 0.1) is 6.54 Å². The monoisotopic (exact) mass is 274 g/mol. The topological polar surface area (TPSA) is 41.6 Å². The fourth-order valence-corrected chi connectivity index (χ4v) is 3.06. The number of aryl methyl sites for hydroxylation is 1. The van der Waals surface area contributed by atoms with E-state index in [-0.39, 0.29) is 11.7 Å². The zero-order valence-corrected chi connectivity index (χ0v) is 12.0. The van der Waals surface area contributed by atoms with Gasteiger partial charge in [-0.05, 0) is 30.6 Å². The van der Waals surface area contributed by atoms with Crippen molar-refractivity contribution in [2.45, 2.75) is 38.3 Å². The van der Waals surface area contributed by atoms with Gasteiger partial charge >= 0.3 is 6.09 Å². The molecule has 0 bridgehead atoms. The van der Waals surface area contributed by atoms with E-state index >= 15 is 0 Å². The van der Waals surface area contributed by atoms with Crippen LogP contribution in [0, 0.1) is 0 Å². The Morgan fingerprint density at radius 3 is 2.50 bits per heavy atom. The lowest BCUT2D eigenvalue weighted by Gasteiger charge is -2.31. The van der Waals surface area contributed by atoms with Crippen molar-refractivity contribution in [3.8, 4) is 0 Å². The minimum Gasteiger partial charge on any atom is -0.441 e. The molecule has 2 saturated heterocycles. The van der Waals surface area contributed by atoms with Gasteiger partial charge in [0.15, 0.2) is 0 Å². The van der Waals surface area contributed by atoms with Crippen LogP contribution in [0.2, 0.25) is 0 Å². The van der Waals surface area contributed by atoms with Gasteiger partial charge in [-0.1, -0.05) is 31.2 Å². The second kappa shape index (κ2) is 5.44. The third-order valence-electron chi connectivity index (χ3n) is 4.36. The van der Waals surface area contributed by atoms with E-state index in [1.807, 2.05) is 4.90 Å². The van der Waals surface area contributed by atoms with Crippen LogP contribution < -0.4 is 5.32 Å². The Morgan fingerprint density at radius 2 is 1.85 bits per heavy atom. The van der Waals surface area contributed by atoms with Crippen LogP contribution in [0.3, 0.4) is 0 Å². The van der Waals surface area contributed by atoms with Gasteiger partial charge in [0.1, 0.15) is 5.60 Å².